The summed E-state index contributed by atoms with van der Waals surface area (Å²) in [5.74, 6) is -0.666. The van der Waals surface area contributed by atoms with Gasteiger partial charge in [0.1, 0.15) is 5.82 Å². The number of carbonyl (C=O) groups excluding carboxylic acids is 1. The zero-order valence-corrected chi connectivity index (χ0v) is 12.5. The van der Waals surface area contributed by atoms with Crippen LogP contribution in [0.1, 0.15) is 11.7 Å². The normalized spacial score (nSPS) is 11.8. The first kappa shape index (κ1) is 16.3. The van der Waals surface area contributed by atoms with Crippen LogP contribution >= 0.6 is 11.6 Å². The van der Waals surface area contributed by atoms with E-state index < -0.39 is 6.10 Å². The van der Waals surface area contributed by atoms with Gasteiger partial charge in [-0.2, -0.15) is 0 Å². The molecule has 0 heterocycles. The number of benzene rings is 2. The highest BCUT2D eigenvalue weighted by atomic mass is 35.5. The van der Waals surface area contributed by atoms with Crippen molar-refractivity contribution in [2.75, 3.05) is 18.4 Å². The Bertz CT molecular complexity index is 634. The van der Waals surface area contributed by atoms with E-state index in [4.69, 9.17) is 11.6 Å². The lowest BCUT2D eigenvalue weighted by Crippen LogP contribution is -2.33. The lowest BCUT2D eigenvalue weighted by atomic mass is 10.1. The summed E-state index contributed by atoms with van der Waals surface area (Å²) in [4.78, 5) is 11.7. The first-order valence-corrected chi connectivity index (χ1v) is 7.12. The van der Waals surface area contributed by atoms with Crippen molar-refractivity contribution >= 4 is 23.2 Å². The van der Waals surface area contributed by atoms with Gasteiger partial charge in [0.25, 0.3) is 0 Å². The summed E-state index contributed by atoms with van der Waals surface area (Å²) < 4.78 is 13.0. The zero-order valence-electron chi connectivity index (χ0n) is 11.7. The van der Waals surface area contributed by atoms with Gasteiger partial charge in [0.2, 0.25) is 5.91 Å². The van der Waals surface area contributed by atoms with E-state index >= 15 is 0 Å². The maximum absolute atomic E-state index is 13.0. The van der Waals surface area contributed by atoms with Gasteiger partial charge in [-0.25, -0.2) is 4.39 Å². The molecule has 0 aliphatic heterocycles. The minimum atomic E-state index is -0.810. The van der Waals surface area contributed by atoms with Crippen LogP contribution in [0.25, 0.3) is 0 Å². The van der Waals surface area contributed by atoms with Gasteiger partial charge in [-0.3, -0.25) is 4.79 Å². The van der Waals surface area contributed by atoms with Gasteiger partial charge in [-0.15, -0.1) is 0 Å². The van der Waals surface area contributed by atoms with E-state index in [1.54, 1.807) is 36.4 Å². The minimum absolute atomic E-state index is 0.00318. The van der Waals surface area contributed by atoms with E-state index in [9.17, 15) is 14.3 Å². The van der Waals surface area contributed by atoms with Crippen molar-refractivity contribution in [2.24, 2.45) is 0 Å². The Hall–Kier alpha value is -2.11. The van der Waals surface area contributed by atoms with Crippen LogP contribution in [0.5, 0.6) is 0 Å². The summed E-state index contributed by atoms with van der Waals surface area (Å²) in [6, 6.07) is 12.6. The number of aliphatic hydroxyl groups excluding tert-OH is 1. The molecule has 2 aromatic rings. The van der Waals surface area contributed by atoms with Gasteiger partial charge in [0.05, 0.1) is 12.6 Å². The molecule has 0 unspecified atom stereocenters. The second kappa shape index (κ2) is 7.77. The van der Waals surface area contributed by atoms with Gasteiger partial charge < -0.3 is 15.7 Å². The molecule has 0 saturated heterocycles. The lowest BCUT2D eigenvalue weighted by molar-refractivity contribution is -0.119. The van der Waals surface area contributed by atoms with E-state index in [0.717, 1.165) is 0 Å². The van der Waals surface area contributed by atoms with E-state index in [1.165, 1.54) is 12.1 Å². The number of carbonyl (C=O) groups is 1. The van der Waals surface area contributed by atoms with E-state index in [0.29, 0.717) is 16.3 Å². The number of rotatable bonds is 6. The molecule has 2 aromatic carbocycles. The van der Waals surface area contributed by atoms with E-state index in [1.807, 2.05) is 0 Å². The molecular formula is C16H16ClFN2O2. The number of aliphatic hydroxyl groups is 1. The largest absolute Gasteiger partial charge is 0.387 e. The second-order valence-corrected chi connectivity index (χ2v) is 5.17. The number of anilines is 1. The van der Waals surface area contributed by atoms with Crippen molar-refractivity contribution in [1.29, 1.82) is 0 Å². The standard InChI is InChI=1S/C16H16ClFN2O2/c17-12-6-4-11(5-7-12)15(21)9-20-16(22)10-19-14-3-1-2-13(18)8-14/h1-8,15,19,21H,9-10H2,(H,20,22)/t15-/m1/s1. The van der Waals surface area contributed by atoms with Gasteiger partial charge in [-0.1, -0.05) is 29.8 Å². The van der Waals surface area contributed by atoms with Gasteiger partial charge in [-0.05, 0) is 35.9 Å². The molecule has 1 atom stereocenters. The SMILES string of the molecule is O=C(CNc1cccc(F)c1)NC[C@@H](O)c1ccc(Cl)cc1. The Morgan fingerprint density at radius 2 is 1.95 bits per heavy atom. The van der Waals surface area contributed by atoms with Gasteiger partial charge in [0, 0.05) is 17.3 Å². The Balaban J connectivity index is 1.76. The van der Waals surface area contributed by atoms with Gasteiger partial charge in [0.15, 0.2) is 0 Å². The average Bonchev–Trinajstić information content (AvgIpc) is 2.51. The highest BCUT2D eigenvalue weighted by Gasteiger charge is 2.09. The van der Waals surface area contributed by atoms with Crippen LogP contribution in [0.2, 0.25) is 5.02 Å². The smallest absolute Gasteiger partial charge is 0.239 e. The number of hydrogen-bond acceptors (Lipinski definition) is 3. The summed E-state index contributed by atoms with van der Waals surface area (Å²) in [6.07, 6.45) is -0.810. The molecule has 4 nitrogen and oxygen atoms in total. The summed E-state index contributed by atoms with van der Waals surface area (Å²) in [6.45, 7) is 0.0854. The zero-order chi connectivity index (χ0) is 15.9. The maximum Gasteiger partial charge on any atom is 0.239 e. The first-order chi connectivity index (χ1) is 10.5. The van der Waals surface area contributed by atoms with Crippen molar-refractivity contribution < 1.29 is 14.3 Å². The Morgan fingerprint density at radius 3 is 2.64 bits per heavy atom. The molecule has 0 fully saturated rings. The van der Waals surface area contributed by atoms with Crippen molar-refractivity contribution in [3.05, 3.63) is 64.9 Å². The quantitative estimate of drug-likeness (QED) is 0.766. The molecule has 3 N–H and O–H groups in total. The number of nitrogens with one attached hydrogen (secondary N) is 2. The monoisotopic (exact) mass is 322 g/mol. The molecule has 0 radical (unpaired) electrons. The second-order valence-electron chi connectivity index (χ2n) is 4.74. The molecule has 1 amide bonds. The average molecular weight is 323 g/mol. The fourth-order valence-electron chi connectivity index (χ4n) is 1.86. The number of hydrogen-bond donors (Lipinski definition) is 3. The highest BCUT2D eigenvalue weighted by molar-refractivity contribution is 6.30. The van der Waals surface area contributed by atoms with Crippen molar-refractivity contribution in [1.82, 2.24) is 5.32 Å². The Labute approximate surface area is 132 Å². The Kier molecular flexibility index (Phi) is 5.75. The summed E-state index contributed by atoms with van der Waals surface area (Å²) in [5.41, 5.74) is 1.19. The molecule has 0 aromatic heterocycles. The summed E-state index contributed by atoms with van der Waals surface area (Å²) >= 11 is 5.77. The molecule has 0 aliphatic carbocycles. The number of amides is 1. The van der Waals surface area contributed by atoms with E-state index in [-0.39, 0.29) is 24.8 Å². The molecule has 0 bridgehead atoms. The third-order valence-electron chi connectivity index (χ3n) is 3.03. The molecule has 22 heavy (non-hydrogen) atoms. The van der Waals surface area contributed by atoms with Crippen LogP contribution in [0.4, 0.5) is 10.1 Å². The van der Waals surface area contributed by atoms with Crippen LogP contribution in [-0.2, 0) is 4.79 Å². The van der Waals surface area contributed by atoms with Crippen molar-refractivity contribution in [3.8, 4) is 0 Å². The summed E-state index contributed by atoms with van der Waals surface area (Å²) in [7, 11) is 0. The summed E-state index contributed by atoms with van der Waals surface area (Å²) in [5, 5.41) is 15.9. The van der Waals surface area contributed by atoms with Crippen LogP contribution in [0.15, 0.2) is 48.5 Å². The first-order valence-electron chi connectivity index (χ1n) is 6.74. The van der Waals surface area contributed by atoms with Crippen LogP contribution < -0.4 is 10.6 Å². The molecule has 116 valence electrons. The van der Waals surface area contributed by atoms with Gasteiger partial charge >= 0.3 is 0 Å². The molecular weight excluding hydrogens is 307 g/mol. The third-order valence-corrected chi connectivity index (χ3v) is 3.28. The molecule has 0 aliphatic rings. The number of halogens is 2. The van der Waals surface area contributed by atoms with Crippen LogP contribution in [-0.4, -0.2) is 24.1 Å². The fourth-order valence-corrected chi connectivity index (χ4v) is 1.98. The highest BCUT2D eigenvalue weighted by Crippen LogP contribution is 2.15. The molecule has 2 rings (SSSR count). The van der Waals surface area contributed by atoms with Crippen LogP contribution in [0.3, 0.4) is 0 Å². The Morgan fingerprint density at radius 1 is 1.23 bits per heavy atom. The van der Waals surface area contributed by atoms with Crippen LogP contribution in [0, 0.1) is 5.82 Å². The molecule has 0 spiro atoms. The molecule has 0 saturated carbocycles. The van der Waals surface area contributed by atoms with Crippen molar-refractivity contribution in [2.45, 2.75) is 6.10 Å². The topological polar surface area (TPSA) is 61.4 Å². The molecule has 6 heteroatoms. The third kappa shape index (κ3) is 5.02. The van der Waals surface area contributed by atoms with E-state index in [2.05, 4.69) is 10.6 Å². The van der Waals surface area contributed by atoms with Crippen molar-refractivity contribution in [3.63, 3.8) is 0 Å². The predicted molar refractivity (Wildman–Crippen MR) is 84.3 cm³/mol. The predicted octanol–water partition coefficient (Wildman–Crippen LogP) is 2.74. The lowest BCUT2D eigenvalue weighted by Gasteiger charge is -2.13. The minimum Gasteiger partial charge on any atom is -0.387 e. The fraction of sp³-hybridized carbons (Fsp3) is 0.188. The maximum atomic E-state index is 13.0.